The van der Waals surface area contributed by atoms with Crippen LogP contribution in [0.4, 0.5) is 5.00 Å². The summed E-state index contributed by atoms with van der Waals surface area (Å²) in [5, 5.41) is 4.09. The number of benzene rings is 2. The van der Waals surface area contributed by atoms with Crippen LogP contribution in [0.25, 0.3) is 6.08 Å². The number of ether oxygens (including phenoxy) is 3. The van der Waals surface area contributed by atoms with Crippen molar-refractivity contribution in [1.29, 1.82) is 0 Å². The van der Waals surface area contributed by atoms with Gasteiger partial charge in [0.2, 0.25) is 5.91 Å². The summed E-state index contributed by atoms with van der Waals surface area (Å²) in [7, 11) is 2.93. The van der Waals surface area contributed by atoms with Gasteiger partial charge in [-0.3, -0.25) is 4.79 Å². The lowest BCUT2D eigenvalue weighted by atomic mass is 9.88. The van der Waals surface area contributed by atoms with Gasteiger partial charge in [0.25, 0.3) is 0 Å². The maximum Gasteiger partial charge on any atom is 0.341 e. The summed E-state index contributed by atoms with van der Waals surface area (Å²) >= 11 is 7.39. The molecule has 2 aromatic carbocycles. The third kappa shape index (κ3) is 6.09. The van der Waals surface area contributed by atoms with Gasteiger partial charge in [0.1, 0.15) is 11.6 Å². The monoisotopic (exact) mass is 525 g/mol. The molecule has 1 aliphatic rings. The second-order valence-electron chi connectivity index (χ2n) is 8.70. The number of thiophene rings is 1. The minimum absolute atomic E-state index is 0.325. The zero-order valence-electron chi connectivity index (χ0n) is 20.4. The Morgan fingerprint density at radius 3 is 2.64 bits per heavy atom. The van der Waals surface area contributed by atoms with Crippen LogP contribution in [0.1, 0.15) is 45.3 Å². The number of amides is 1. The molecule has 0 bridgehead atoms. The molecule has 1 atom stereocenters. The molecule has 1 amide bonds. The number of methoxy groups -OCH3 is 2. The van der Waals surface area contributed by atoms with E-state index in [1.165, 1.54) is 24.5 Å². The molecule has 4 rings (SSSR count). The van der Waals surface area contributed by atoms with Crippen molar-refractivity contribution in [2.24, 2.45) is 5.92 Å². The van der Waals surface area contributed by atoms with Crippen LogP contribution in [-0.4, -0.2) is 26.1 Å². The highest BCUT2D eigenvalue weighted by Crippen LogP contribution is 2.40. The molecule has 8 heteroatoms. The van der Waals surface area contributed by atoms with Crippen molar-refractivity contribution in [2.75, 3.05) is 19.5 Å². The van der Waals surface area contributed by atoms with Crippen LogP contribution in [0.5, 0.6) is 11.5 Å². The van der Waals surface area contributed by atoms with Crippen LogP contribution in [-0.2, 0) is 29.0 Å². The summed E-state index contributed by atoms with van der Waals surface area (Å²) in [4.78, 5) is 26.3. The summed E-state index contributed by atoms with van der Waals surface area (Å²) in [6.45, 7) is 2.57. The number of hydrogen-bond donors (Lipinski definition) is 1. The summed E-state index contributed by atoms with van der Waals surface area (Å²) in [6, 6.07) is 12.9. The Morgan fingerprint density at radius 2 is 1.92 bits per heavy atom. The zero-order chi connectivity index (χ0) is 25.7. The van der Waals surface area contributed by atoms with E-state index in [0.29, 0.717) is 39.6 Å². The van der Waals surface area contributed by atoms with Crippen molar-refractivity contribution >= 4 is 45.9 Å². The average molecular weight is 526 g/mol. The van der Waals surface area contributed by atoms with E-state index in [4.69, 9.17) is 25.8 Å². The highest BCUT2D eigenvalue weighted by molar-refractivity contribution is 7.17. The van der Waals surface area contributed by atoms with Gasteiger partial charge in [-0.15, -0.1) is 11.3 Å². The Kier molecular flexibility index (Phi) is 8.33. The van der Waals surface area contributed by atoms with Crippen molar-refractivity contribution in [1.82, 2.24) is 0 Å². The predicted molar refractivity (Wildman–Crippen MR) is 143 cm³/mol. The number of carbonyl (C=O) groups excluding carboxylic acids is 2. The number of anilines is 1. The van der Waals surface area contributed by atoms with E-state index in [9.17, 15) is 9.59 Å². The molecule has 1 aromatic heterocycles. The molecule has 36 heavy (non-hydrogen) atoms. The minimum atomic E-state index is -0.416. The first kappa shape index (κ1) is 25.8. The molecule has 188 valence electrons. The molecule has 0 spiro atoms. The molecule has 1 heterocycles. The smallest absolute Gasteiger partial charge is 0.341 e. The van der Waals surface area contributed by atoms with Crippen LogP contribution >= 0.6 is 22.9 Å². The maximum absolute atomic E-state index is 12.7. The number of halogens is 1. The van der Waals surface area contributed by atoms with Crippen molar-refractivity contribution in [3.8, 4) is 11.5 Å². The summed E-state index contributed by atoms with van der Waals surface area (Å²) < 4.78 is 16.4. The zero-order valence-corrected chi connectivity index (χ0v) is 22.0. The molecule has 1 aliphatic carbocycles. The van der Waals surface area contributed by atoms with E-state index in [1.54, 1.807) is 25.3 Å². The molecule has 1 unspecified atom stereocenters. The Morgan fingerprint density at radius 1 is 1.14 bits per heavy atom. The second kappa shape index (κ2) is 11.6. The van der Waals surface area contributed by atoms with Gasteiger partial charge in [-0.2, -0.15) is 0 Å². The fraction of sp³-hybridized carbons (Fsp3) is 0.286. The van der Waals surface area contributed by atoms with Gasteiger partial charge in [0.05, 0.1) is 19.8 Å². The van der Waals surface area contributed by atoms with Crippen LogP contribution in [0.15, 0.2) is 48.5 Å². The van der Waals surface area contributed by atoms with Gasteiger partial charge < -0.3 is 19.5 Å². The van der Waals surface area contributed by atoms with E-state index in [2.05, 4.69) is 12.2 Å². The Labute approximate surface area is 219 Å². The number of rotatable bonds is 8. The predicted octanol–water partition coefficient (Wildman–Crippen LogP) is 6.55. The quantitative estimate of drug-likeness (QED) is 0.266. The lowest BCUT2D eigenvalue weighted by Crippen LogP contribution is -2.14. The summed E-state index contributed by atoms with van der Waals surface area (Å²) in [5.74, 6) is 0.960. The van der Waals surface area contributed by atoms with Gasteiger partial charge in [-0.1, -0.05) is 36.7 Å². The van der Waals surface area contributed by atoms with Crippen LogP contribution in [0, 0.1) is 5.92 Å². The first-order chi connectivity index (χ1) is 17.4. The van der Waals surface area contributed by atoms with E-state index in [-0.39, 0.29) is 5.91 Å². The Hall–Kier alpha value is -3.29. The second-order valence-corrected chi connectivity index (χ2v) is 10.2. The molecule has 6 nitrogen and oxygen atoms in total. The molecule has 0 fully saturated rings. The van der Waals surface area contributed by atoms with E-state index < -0.39 is 5.97 Å². The first-order valence-electron chi connectivity index (χ1n) is 11.6. The molecule has 0 saturated carbocycles. The molecule has 0 radical (unpaired) electrons. The third-order valence-electron chi connectivity index (χ3n) is 6.06. The maximum atomic E-state index is 12.7. The van der Waals surface area contributed by atoms with Gasteiger partial charge >= 0.3 is 5.97 Å². The highest BCUT2D eigenvalue weighted by atomic mass is 35.5. The van der Waals surface area contributed by atoms with Crippen molar-refractivity contribution in [3.05, 3.63) is 80.7 Å². The van der Waals surface area contributed by atoms with Crippen LogP contribution < -0.4 is 14.8 Å². The summed E-state index contributed by atoms with van der Waals surface area (Å²) in [5.41, 5.74) is 3.24. The molecule has 3 aromatic rings. The van der Waals surface area contributed by atoms with Gasteiger partial charge in [-0.05, 0) is 72.2 Å². The summed E-state index contributed by atoms with van der Waals surface area (Å²) in [6.07, 6.45) is 5.86. The largest absolute Gasteiger partial charge is 0.493 e. The highest BCUT2D eigenvalue weighted by Gasteiger charge is 2.28. The average Bonchev–Trinajstić information content (AvgIpc) is 3.23. The molecular formula is C28H28ClNO5S. The van der Waals surface area contributed by atoms with Crippen molar-refractivity contribution in [2.45, 2.75) is 32.8 Å². The number of nitrogens with one attached hydrogen (secondary N) is 1. The fourth-order valence-corrected chi connectivity index (χ4v) is 5.66. The lowest BCUT2D eigenvalue weighted by molar-refractivity contribution is -0.111. The minimum Gasteiger partial charge on any atom is -0.493 e. The van der Waals surface area contributed by atoms with Crippen molar-refractivity contribution < 1.29 is 23.8 Å². The molecule has 0 saturated heterocycles. The van der Waals surface area contributed by atoms with E-state index in [1.807, 2.05) is 30.3 Å². The Balaban J connectivity index is 1.45. The van der Waals surface area contributed by atoms with Gasteiger partial charge in [0.15, 0.2) is 11.5 Å². The van der Waals surface area contributed by atoms with Crippen LogP contribution in [0.2, 0.25) is 5.02 Å². The number of esters is 1. The van der Waals surface area contributed by atoms with E-state index in [0.717, 1.165) is 40.8 Å². The standard InChI is InChI=1S/C28H28ClNO5S/c1-17-4-11-21-24(14-17)36-27(26(21)28(32)34-3)30-25(31)13-8-18-7-12-22(23(15-18)33-2)35-16-19-5-9-20(29)10-6-19/h5-10,12-13,15,17H,4,11,14,16H2,1-3H3,(H,30,31). The van der Waals surface area contributed by atoms with Gasteiger partial charge in [-0.25, -0.2) is 4.79 Å². The van der Waals surface area contributed by atoms with Crippen molar-refractivity contribution in [3.63, 3.8) is 0 Å². The Bertz CT molecular complexity index is 1280. The number of fused-ring (bicyclic) bond motifs is 1. The molecular weight excluding hydrogens is 498 g/mol. The SMILES string of the molecule is COC(=O)c1c(NC(=O)C=Cc2ccc(OCc3ccc(Cl)cc3)c(OC)c2)sc2c1CCC(C)C2. The van der Waals surface area contributed by atoms with Crippen LogP contribution in [0.3, 0.4) is 0 Å². The topological polar surface area (TPSA) is 73.9 Å². The molecule has 1 N–H and O–H groups in total. The van der Waals surface area contributed by atoms with Gasteiger partial charge in [0, 0.05) is 16.0 Å². The lowest BCUT2D eigenvalue weighted by Gasteiger charge is -2.18. The first-order valence-corrected chi connectivity index (χ1v) is 12.8. The normalized spacial score (nSPS) is 14.8. The number of hydrogen-bond acceptors (Lipinski definition) is 6. The molecule has 0 aliphatic heterocycles. The third-order valence-corrected chi connectivity index (χ3v) is 7.48. The number of carbonyl (C=O) groups is 2. The fourth-order valence-electron chi connectivity index (χ4n) is 4.13. The van der Waals surface area contributed by atoms with E-state index >= 15 is 0 Å².